The van der Waals surface area contributed by atoms with Gasteiger partial charge in [-0.2, -0.15) is 0 Å². The fraction of sp³-hybridized carbons (Fsp3) is 0.200. The smallest absolute Gasteiger partial charge is 0.312 e. The molecule has 2 atom stereocenters. The van der Waals surface area contributed by atoms with Crippen LogP contribution in [0.4, 0.5) is 0 Å². The maximum absolute atomic E-state index is 13.0. The number of carbonyl (C=O) groups is 2. The Hall–Kier alpha value is -4.00. The lowest BCUT2D eigenvalue weighted by molar-refractivity contribution is -0.135. The fourth-order valence-electron chi connectivity index (χ4n) is 4.31. The molecule has 0 saturated carbocycles. The number of phenols is 2. The van der Waals surface area contributed by atoms with Crippen molar-refractivity contribution in [3.8, 4) is 28.7 Å². The fourth-order valence-corrected chi connectivity index (χ4v) is 4.31. The Bertz CT molecular complexity index is 1210. The number of benzene rings is 3. The van der Waals surface area contributed by atoms with E-state index in [1.807, 2.05) is 12.1 Å². The zero-order valence-corrected chi connectivity index (χ0v) is 17.2. The monoisotopic (exact) mass is 432 g/mol. The second-order valence-electron chi connectivity index (χ2n) is 7.84. The quantitative estimate of drug-likeness (QED) is 0.471. The molecule has 7 nitrogen and oxygen atoms in total. The lowest BCUT2D eigenvalue weighted by Gasteiger charge is -2.31. The normalized spacial score (nSPS) is 19.4. The minimum absolute atomic E-state index is 0.00758. The van der Waals surface area contributed by atoms with Gasteiger partial charge in [-0.15, -0.1) is 0 Å². The average molecular weight is 432 g/mol. The topological polar surface area (TPSA) is 102 Å². The summed E-state index contributed by atoms with van der Waals surface area (Å²) in [7, 11) is 1.57. The Morgan fingerprint density at radius 3 is 2.28 bits per heavy atom. The summed E-state index contributed by atoms with van der Waals surface area (Å²) in [6.07, 6.45) is -0.464. The molecule has 0 amide bonds. The van der Waals surface area contributed by atoms with Gasteiger partial charge in [-0.3, -0.25) is 9.59 Å². The third-order valence-electron chi connectivity index (χ3n) is 5.91. The van der Waals surface area contributed by atoms with Crippen LogP contribution in [0.5, 0.6) is 28.7 Å². The zero-order valence-electron chi connectivity index (χ0n) is 17.2. The van der Waals surface area contributed by atoms with Crippen LogP contribution < -0.4 is 14.2 Å². The van der Waals surface area contributed by atoms with Gasteiger partial charge in [0, 0.05) is 17.5 Å². The first-order chi connectivity index (χ1) is 15.4. The van der Waals surface area contributed by atoms with E-state index in [0.717, 1.165) is 11.1 Å². The van der Waals surface area contributed by atoms with Crippen LogP contribution in [0.2, 0.25) is 0 Å². The molecule has 5 rings (SSSR count). The number of ether oxygens (including phenoxy) is 3. The van der Waals surface area contributed by atoms with Crippen molar-refractivity contribution in [1.82, 2.24) is 0 Å². The number of hydrogen-bond acceptors (Lipinski definition) is 7. The lowest BCUT2D eigenvalue weighted by atomic mass is 9.83. The van der Waals surface area contributed by atoms with E-state index in [1.54, 1.807) is 31.4 Å². The SMILES string of the molecule is COc1ccc([C@H]2CC(=O)c3c(cc4c(c3O)[C@H](c3ccc(O)cc3)CC(=O)O4)O2)cc1. The summed E-state index contributed by atoms with van der Waals surface area (Å²) in [6, 6.07) is 15.1. The second-order valence-corrected chi connectivity index (χ2v) is 7.84. The Morgan fingerprint density at radius 2 is 1.59 bits per heavy atom. The van der Waals surface area contributed by atoms with Gasteiger partial charge in [-0.1, -0.05) is 24.3 Å². The molecule has 2 heterocycles. The predicted octanol–water partition coefficient (Wildman–Crippen LogP) is 4.25. The number of Topliss-reactive ketones (excluding diaryl/α,β-unsaturated/α-hetero) is 1. The summed E-state index contributed by atoms with van der Waals surface area (Å²) in [5.41, 5.74) is 1.97. The van der Waals surface area contributed by atoms with Crippen LogP contribution in [0, 0.1) is 0 Å². The third-order valence-corrected chi connectivity index (χ3v) is 5.91. The van der Waals surface area contributed by atoms with E-state index in [9.17, 15) is 19.8 Å². The summed E-state index contributed by atoms with van der Waals surface area (Å²) in [5, 5.41) is 20.7. The Labute approximate surface area is 183 Å². The standard InChI is InChI=1S/C25H20O7/c1-30-16-8-4-14(5-9-16)19-11-18(27)24-21(31-19)12-20-23(25(24)29)17(10-22(28)32-20)13-2-6-15(26)7-3-13/h2-9,12,17,19,26,29H,10-11H2,1H3/t17-,19+/m0/s1. The van der Waals surface area contributed by atoms with Crippen LogP contribution in [0.3, 0.4) is 0 Å². The molecule has 162 valence electrons. The van der Waals surface area contributed by atoms with Crippen LogP contribution in [-0.4, -0.2) is 29.1 Å². The highest BCUT2D eigenvalue weighted by Crippen LogP contribution is 2.51. The minimum Gasteiger partial charge on any atom is -0.508 e. The molecule has 0 aromatic heterocycles. The number of ketones is 1. The largest absolute Gasteiger partial charge is 0.508 e. The van der Waals surface area contributed by atoms with E-state index in [4.69, 9.17) is 14.2 Å². The number of fused-ring (bicyclic) bond motifs is 2. The van der Waals surface area contributed by atoms with Crippen LogP contribution in [0.1, 0.15) is 51.9 Å². The van der Waals surface area contributed by atoms with Crippen molar-refractivity contribution >= 4 is 11.8 Å². The molecule has 2 aliphatic rings. The molecule has 2 N–H and O–H groups in total. The number of hydrogen-bond donors (Lipinski definition) is 2. The average Bonchev–Trinajstić information content (AvgIpc) is 2.78. The molecule has 0 radical (unpaired) electrons. The van der Waals surface area contributed by atoms with Crippen molar-refractivity contribution in [2.24, 2.45) is 0 Å². The number of esters is 1. The maximum Gasteiger partial charge on any atom is 0.312 e. The zero-order chi connectivity index (χ0) is 22.4. The molecule has 0 spiro atoms. The number of rotatable bonds is 3. The number of methoxy groups -OCH3 is 1. The van der Waals surface area contributed by atoms with Gasteiger partial charge >= 0.3 is 5.97 Å². The van der Waals surface area contributed by atoms with Crippen molar-refractivity contribution < 1.29 is 34.0 Å². The second kappa shape index (κ2) is 7.60. The van der Waals surface area contributed by atoms with Crippen molar-refractivity contribution in [3.05, 3.63) is 76.9 Å². The van der Waals surface area contributed by atoms with E-state index in [1.165, 1.54) is 18.2 Å². The maximum atomic E-state index is 13.0. The Kier molecular flexibility index (Phi) is 4.74. The molecule has 0 unspecified atom stereocenters. The molecule has 2 aliphatic heterocycles. The lowest BCUT2D eigenvalue weighted by Crippen LogP contribution is -2.25. The summed E-state index contributed by atoms with van der Waals surface area (Å²) < 4.78 is 16.6. The molecule has 3 aromatic rings. The molecular formula is C25H20O7. The third kappa shape index (κ3) is 3.32. The summed E-state index contributed by atoms with van der Waals surface area (Å²) in [6.45, 7) is 0. The molecule has 7 heteroatoms. The Morgan fingerprint density at radius 1 is 0.906 bits per heavy atom. The van der Waals surface area contributed by atoms with E-state index in [2.05, 4.69) is 0 Å². The van der Waals surface area contributed by atoms with E-state index >= 15 is 0 Å². The first kappa shape index (κ1) is 19.9. The summed E-state index contributed by atoms with van der Waals surface area (Å²) in [5.74, 6) is -0.329. The molecule has 0 fully saturated rings. The van der Waals surface area contributed by atoms with Gasteiger partial charge in [0.25, 0.3) is 0 Å². The molecule has 0 bridgehead atoms. The number of phenolic OH excluding ortho intramolecular Hbond substituents is 2. The molecule has 0 saturated heterocycles. The van der Waals surface area contributed by atoms with Gasteiger partial charge < -0.3 is 24.4 Å². The van der Waals surface area contributed by atoms with Gasteiger partial charge in [0.2, 0.25) is 0 Å². The summed E-state index contributed by atoms with van der Waals surface area (Å²) in [4.78, 5) is 25.3. The first-order valence-electron chi connectivity index (χ1n) is 10.2. The van der Waals surface area contributed by atoms with Crippen molar-refractivity contribution in [3.63, 3.8) is 0 Å². The number of carbonyl (C=O) groups excluding carboxylic acids is 2. The number of aromatic hydroxyl groups is 2. The highest BCUT2D eigenvalue weighted by molar-refractivity contribution is 6.03. The van der Waals surface area contributed by atoms with E-state index < -0.39 is 18.0 Å². The molecule has 3 aromatic carbocycles. The van der Waals surface area contributed by atoms with Gasteiger partial charge in [0.1, 0.15) is 40.4 Å². The molecule has 32 heavy (non-hydrogen) atoms. The van der Waals surface area contributed by atoms with Crippen LogP contribution in [-0.2, 0) is 4.79 Å². The van der Waals surface area contributed by atoms with Crippen molar-refractivity contribution in [1.29, 1.82) is 0 Å². The molecular weight excluding hydrogens is 412 g/mol. The minimum atomic E-state index is -0.537. The van der Waals surface area contributed by atoms with E-state index in [0.29, 0.717) is 11.3 Å². The highest BCUT2D eigenvalue weighted by Gasteiger charge is 2.38. The van der Waals surface area contributed by atoms with Gasteiger partial charge in [-0.05, 0) is 35.4 Å². The van der Waals surface area contributed by atoms with Crippen LogP contribution in [0.25, 0.3) is 0 Å². The van der Waals surface area contributed by atoms with Crippen LogP contribution >= 0.6 is 0 Å². The van der Waals surface area contributed by atoms with Gasteiger partial charge in [0.05, 0.1) is 20.0 Å². The summed E-state index contributed by atoms with van der Waals surface area (Å²) >= 11 is 0. The van der Waals surface area contributed by atoms with Gasteiger partial charge in [0.15, 0.2) is 5.78 Å². The van der Waals surface area contributed by atoms with Crippen molar-refractivity contribution in [2.45, 2.75) is 24.9 Å². The first-order valence-corrected chi connectivity index (χ1v) is 10.2. The predicted molar refractivity (Wildman–Crippen MR) is 114 cm³/mol. The van der Waals surface area contributed by atoms with E-state index in [-0.39, 0.29) is 47.2 Å². The Balaban J connectivity index is 1.57. The van der Waals surface area contributed by atoms with Gasteiger partial charge in [-0.25, -0.2) is 0 Å². The highest BCUT2D eigenvalue weighted by atomic mass is 16.5. The molecule has 0 aliphatic carbocycles. The van der Waals surface area contributed by atoms with Crippen LogP contribution in [0.15, 0.2) is 54.6 Å². The van der Waals surface area contributed by atoms with Crippen molar-refractivity contribution in [2.75, 3.05) is 7.11 Å².